The summed E-state index contributed by atoms with van der Waals surface area (Å²) in [7, 11) is 2.77. The van der Waals surface area contributed by atoms with E-state index in [1.54, 1.807) is 19.1 Å². The standard InChI is InChI=1S/C34H41N5O11/c1-15-10-18-26(28(43)24(15)20(6-9-40)39-33(36)37-2)29(44)25-19(27(18)42)12-17(48-3)13-21(25)49-32-30(45)31(46)34(47,22(14-41)50-32)7-4-16-5-8-38-23(35)11-16/h5,8,10-13,20,22,30-32,40-41,43,45-47H,4,6-7,9,14H2,1-3H3,(H2,35,38)(H3,36,37,39)/t20-,22+,30+,31+,32+,34+/m0/s1. The summed E-state index contributed by atoms with van der Waals surface area (Å²) in [6.45, 7) is 0.536. The predicted molar refractivity (Wildman–Crippen MR) is 178 cm³/mol. The number of nitrogens with zero attached hydrogens (tertiary/aromatic N) is 2. The molecule has 2 heterocycles. The molecule has 0 spiro atoms. The molecule has 1 fully saturated rings. The smallest absolute Gasteiger partial charge is 0.229 e. The zero-order valence-electron chi connectivity index (χ0n) is 27.7. The first-order valence-corrected chi connectivity index (χ1v) is 15.8. The van der Waals surface area contributed by atoms with Crippen LogP contribution in [0.25, 0.3) is 0 Å². The molecule has 268 valence electrons. The molecule has 0 unspecified atom stereocenters. The van der Waals surface area contributed by atoms with E-state index in [1.165, 1.54) is 38.6 Å². The van der Waals surface area contributed by atoms with E-state index >= 15 is 0 Å². The monoisotopic (exact) mass is 695 g/mol. The minimum absolute atomic E-state index is 0.0128. The van der Waals surface area contributed by atoms with E-state index in [1.807, 2.05) is 0 Å². The lowest BCUT2D eigenvalue weighted by atomic mass is 9.79. The molecule has 0 radical (unpaired) electrons. The number of hydrogen-bond donors (Lipinski definition) is 9. The van der Waals surface area contributed by atoms with Crippen molar-refractivity contribution in [3.8, 4) is 17.2 Å². The fourth-order valence-electron chi connectivity index (χ4n) is 6.53. The lowest BCUT2D eigenvalue weighted by molar-refractivity contribution is -0.314. The first-order chi connectivity index (χ1) is 23.8. The molecule has 1 saturated heterocycles. The number of methoxy groups -OCH3 is 1. The van der Waals surface area contributed by atoms with Gasteiger partial charge in [0.2, 0.25) is 12.1 Å². The fourth-order valence-corrected chi connectivity index (χ4v) is 6.53. The lowest BCUT2D eigenvalue weighted by Gasteiger charge is -2.47. The van der Waals surface area contributed by atoms with Crippen LogP contribution in [0.3, 0.4) is 0 Å². The Kier molecular flexibility index (Phi) is 10.6. The van der Waals surface area contributed by atoms with Crippen molar-refractivity contribution in [1.82, 2.24) is 10.3 Å². The van der Waals surface area contributed by atoms with Crippen LogP contribution >= 0.6 is 0 Å². The third kappa shape index (κ3) is 6.56. The van der Waals surface area contributed by atoms with Crippen molar-refractivity contribution in [2.24, 2.45) is 10.7 Å². The summed E-state index contributed by atoms with van der Waals surface area (Å²) >= 11 is 0. The SMILES string of the molecule is CN=C(N)N[C@@H](CCO)c1c(C)cc2c(c1O)C(=O)c1c(O[C@@H]3O[C@H](CO)[C@](O)(CCc4ccnc(N)c4)[C@H](O)[C@H]3O)cc(OC)cc1C2=O. The number of guanidine groups is 1. The normalized spacial score (nSPS) is 24.0. The second-order valence-corrected chi connectivity index (χ2v) is 12.2. The second kappa shape index (κ2) is 14.6. The average molecular weight is 696 g/mol. The summed E-state index contributed by atoms with van der Waals surface area (Å²) in [4.78, 5) is 36.0. The Balaban J connectivity index is 1.52. The number of ketones is 2. The summed E-state index contributed by atoms with van der Waals surface area (Å²) in [5.41, 5.74) is 9.94. The number of pyridine rings is 1. The van der Waals surface area contributed by atoms with Gasteiger partial charge in [0.1, 0.15) is 47.0 Å². The van der Waals surface area contributed by atoms with Gasteiger partial charge in [-0.1, -0.05) is 0 Å². The fraction of sp³-hybridized carbons (Fsp3) is 0.412. The van der Waals surface area contributed by atoms with Gasteiger partial charge in [0.15, 0.2) is 11.7 Å². The molecule has 1 aliphatic carbocycles. The Morgan fingerprint density at radius 2 is 1.86 bits per heavy atom. The molecule has 1 aliphatic heterocycles. The number of nitrogens with two attached hydrogens (primary N) is 2. The highest BCUT2D eigenvalue weighted by atomic mass is 16.7. The van der Waals surface area contributed by atoms with Crippen LogP contribution < -0.4 is 26.3 Å². The molecule has 11 N–H and O–H groups in total. The van der Waals surface area contributed by atoms with Crippen molar-refractivity contribution in [1.29, 1.82) is 0 Å². The molecule has 3 aromatic rings. The number of aromatic nitrogens is 1. The molecule has 16 nitrogen and oxygen atoms in total. The van der Waals surface area contributed by atoms with Gasteiger partial charge in [-0.15, -0.1) is 0 Å². The molecule has 2 aromatic carbocycles. The summed E-state index contributed by atoms with van der Waals surface area (Å²) in [6.07, 6.45) is -5.46. The summed E-state index contributed by atoms with van der Waals surface area (Å²) < 4.78 is 17.1. The Morgan fingerprint density at radius 1 is 1.14 bits per heavy atom. The number of hydrogen-bond acceptors (Lipinski definition) is 14. The van der Waals surface area contributed by atoms with Gasteiger partial charge in [-0.2, -0.15) is 0 Å². The number of ether oxygens (including phenoxy) is 3. The van der Waals surface area contributed by atoms with E-state index < -0.39 is 60.2 Å². The Bertz CT molecular complexity index is 1810. The van der Waals surface area contributed by atoms with Crippen LogP contribution in [0.5, 0.6) is 17.2 Å². The predicted octanol–water partition coefficient (Wildman–Crippen LogP) is -0.399. The summed E-state index contributed by atoms with van der Waals surface area (Å²) in [5, 5.41) is 68.2. The van der Waals surface area contributed by atoms with Crippen molar-refractivity contribution in [3.05, 3.63) is 75.5 Å². The minimum Gasteiger partial charge on any atom is -0.507 e. The summed E-state index contributed by atoms with van der Waals surface area (Å²) in [5.74, 6) is -1.93. The molecule has 0 bridgehead atoms. The van der Waals surface area contributed by atoms with Crippen LogP contribution in [0.15, 0.2) is 41.5 Å². The van der Waals surface area contributed by atoms with Gasteiger partial charge < -0.3 is 61.6 Å². The van der Waals surface area contributed by atoms with E-state index in [2.05, 4.69) is 15.3 Å². The number of carbonyl (C=O) groups is 2. The Hall–Kier alpha value is -4.84. The van der Waals surface area contributed by atoms with Gasteiger partial charge in [-0.05, 0) is 61.6 Å². The molecule has 6 atom stereocenters. The number of anilines is 1. The average Bonchev–Trinajstić information content (AvgIpc) is 3.09. The first kappa shape index (κ1) is 36.4. The molecule has 2 aliphatic rings. The topological polar surface area (TPSA) is 273 Å². The molecule has 1 aromatic heterocycles. The Morgan fingerprint density at radius 3 is 2.50 bits per heavy atom. The molecule has 50 heavy (non-hydrogen) atoms. The highest BCUT2D eigenvalue weighted by molar-refractivity contribution is 6.30. The van der Waals surface area contributed by atoms with Crippen molar-refractivity contribution in [2.75, 3.05) is 33.1 Å². The van der Waals surface area contributed by atoms with Gasteiger partial charge in [-0.3, -0.25) is 14.6 Å². The highest BCUT2D eigenvalue weighted by Gasteiger charge is 2.55. The van der Waals surface area contributed by atoms with Crippen LogP contribution in [-0.2, 0) is 11.2 Å². The number of fused-ring (bicyclic) bond motifs is 2. The number of aliphatic imine (C=N–C) groups is 1. The number of carbonyl (C=O) groups excluding carboxylic acids is 2. The van der Waals surface area contributed by atoms with Gasteiger partial charge >= 0.3 is 0 Å². The maximum Gasteiger partial charge on any atom is 0.229 e. The van der Waals surface area contributed by atoms with E-state index in [-0.39, 0.29) is 77.0 Å². The molecular weight excluding hydrogens is 654 g/mol. The largest absolute Gasteiger partial charge is 0.507 e. The number of phenolic OH excluding ortho intramolecular Hbond substituents is 1. The van der Waals surface area contributed by atoms with Gasteiger partial charge in [0.25, 0.3) is 0 Å². The highest BCUT2D eigenvalue weighted by Crippen LogP contribution is 2.44. The van der Waals surface area contributed by atoms with Crippen LogP contribution in [0, 0.1) is 6.92 Å². The number of rotatable bonds is 11. The van der Waals surface area contributed by atoms with Gasteiger partial charge in [-0.25, -0.2) is 4.98 Å². The van der Waals surface area contributed by atoms with Crippen LogP contribution in [0.1, 0.15) is 67.4 Å². The number of aryl methyl sites for hydroxylation is 2. The van der Waals surface area contributed by atoms with Crippen LogP contribution in [0.2, 0.25) is 0 Å². The van der Waals surface area contributed by atoms with E-state index in [0.717, 1.165) is 0 Å². The van der Waals surface area contributed by atoms with Crippen molar-refractivity contribution < 1.29 is 54.4 Å². The second-order valence-electron chi connectivity index (χ2n) is 12.2. The lowest BCUT2D eigenvalue weighted by Crippen LogP contribution is -2.68. The van der Waals surface area contributed by atoms with Gasteiger partial charge in [0.05, 0.1) is 30.9 Å². The van der Waals surface area contributed by atoms with Crippen LogP contribution in [-0.4, -0.2) is 111 Å². The minimum atomic E-state index is -2.14. The maximum atomic E-state index is 14.3. The quantitative estimate of drug-likeness (QED) is 0.0713. The molecular formula is C34H41N5O11. The van der Waals surface area contributed by atoms with Crippen molar-refractivity contribution in [3.63, 3.8) is 0 Å². The third-order valence-corrected chi connectivity index (χ3v) is 9.17. The van der Waals surface area contributed by atoms with Crippen molar-refractivity contribution in [2.45, 2.75) is 62.4 Å². The van der Waals surface area contributed by atoms with E-state index in [0.29, 0.717) is 11.1 Å². The molecule has 5 rings (SSSR count). The molecule has 0 amide bonds. The molecule has 16 heteroatoms. The first-order valence-electron chi connectivity index (χ1n) is 15.8. The van der Waals surface area contributed by atoms with Crippen LogP contribution in [0.4, 0.5) is 5.82 Å². The Labute approximate surface area is 287 Å². The number of aliphatic hydroxyl groups excluding tert-OH is 4. The third-order valence-electron chi connectivity index (χ3n) is 9.17. The van der Waals surface area contributed by atoms with E-state index in [9.17, 15) is 40.2 Å². The number of benzene rings is 2. The zero-order chi connectivity index (χ0) is 36.5. The zero-order valence-corrected chi connectivity index (χ0v) is 27.7. The number of nitrogen functional groups attached to an aromatic ring is 1. The van der Waals surface area contributed by atoms with Crippen molar-refractivity contribution >= 4 is 23.3 Å². The molecule has 0 saturated carbocycles. The number of aliphatic hydroxyl groups is 5. The maximum absolute atomic E-state index is 14.3. The van der Waals surface area contributed by atoms with E-state index in [4.69, 9.17) is 25.7 Å². The number of nitrogens with one attached hydrogen (secondary N) is 1. The number of phenols is 1. The summed E-state index contributed by atoms with van der Waals surface area (Å²) in [6, 6.07) is 6.50. The van der Waals surface area contributed by atoms with Gasteiger partial charge in [0, 0.05) is 42.6 Å². The number of aromatic hydroxyl groups is 1.